The van der Waals surface area contributed by atoms with E-state index in [1.54, 1.807) is 6.92 Å². The second-order valence-electron chi connectivity index (χ2n) is 5.31. The highest BCUT2D eigenvalue weighted by Gasteiger charge is 2.22. The van der Waals surface area contributed by atoms with Gasteiger partial charge in [-0.2, -0.15) is 0 Å². The Labute approximate surface area is 128 Å². The van der Waals surface area contributed by atoms with E-state index in [0.29, 0.717) is 12.1 Å². The number of ketones is 1. The maximum absolute atomic E-state index is 11.3. The first-order chi connectivity index (χ1) is 10.7. The molecule has 2 aromatic rings. The third-order valence-electron chi connectivity index (χ3n) is 3.77. The minimum Gasteiger partial charge on any atom is -0.490 e. The molecule has 0 spiro atoms. The largest absolute Gasteiger partial charge is 0.490 e. The van der Waals surface area contributed by atoms with Crippen LogP contribution in [0.3, 0.4) is 0 Å². The molecule has 0 fully saturated rings. The quantitative estimate of drug-likeness (QED) is 0.367. The second-order valence-corrected chi connectivity index (χ2v) is 5.31. The molecule has 0 saturated heterocycles. The number of carbonyl (C=O) groups is 1. The van der Waals surface area contributed by atoms with Gasteiger partial charge in [0.1, 0.15) is 11.9 Å². The van der Waals surface area contributed by atoms with Crippen LogP contribution in [0, 0.1) is 0 Å². The van der Waals surface area contributed by atoms with Gasteiger partial charge in [0.2, 0.25) is 0 Å². The lowest BCUT2D eigenvalue weighted by molar-refractivity contribution is 0.101. The Morgan fingerprint density at radius 1 is 1.27 bits per heavy atom. The number of fused-ring (bicyclic) bond motifs is 1. The summed E-state index contributed by atoms with van der Waals surface area (Å²) >= 11 is 0. The van der Waals surface area contributed by atoms with Crippen molar-refractivity contribution in [2.45, 2.75) is 19.4 Å². The number of rotatable bonds is 4. The Morgan fingerprint density at radius 2 is 2.00 bits per heavy atom. The van der Waals surface area contributed by atoms with Crippen LogP contribution in [0.5, 0.6) is 5.75 Å². The summed E-state index contributed by atoms with van der Waals surface area (Å²) in [5.41, 5.74) is 12.4. The molecule has 1 atom stereocenters. The number of carbonyl (C=O) groups excluding carboxylic acids is 1. The number of ether oxygens (including phenoxy) is 1. The molecule has 1 heterocycles. The molecule has 110 valence electrons. The van der Waals surface area contributed by atoms with E-state index in [0.717, 1.165) is 28.9 Å². The summed E-state index contributed by atoms with van der Waals surface area (Å²) in [7, 11) is 0. The van der Waals surface area contributed by atoms with Crippen LogP contribution in [0.2, 0.25) is 0 Å². The van der Waals surface area contributed by atoms with Crippen molar-refractivity contribution in [2.75, 3.05) is 6.54 Å². The molecule has 1 aliphatic heterocycles. The average Bonchev–Trinajstić information content (AvgIpc) is 2.94. The molecule has 0 radical (unpaired) electrons. The average molecular weight is 293 g/mol. The van der Waals surface area contributed by atoms with E-state index in [4.69, 9.17) is 10.3 Å². The molecule has 0 aromatic heterocycles. The number of hydrogen-bond acceptors (Lipinski definition) is 3. The first-order valence-corrected chi connectivity index (χ1v) is 7.09. The highest BCUT2D eigenvalue weighted by atomic mass is 16.5. The van der Waals surface area contributed by atoms with E-state index < -0.39 is 0 Å². The molecule has 1 aliphatic rings. The highest BCUT2D eigenvalue weighted by molar-refractivity contribution is 5.94. The number of nitrogens with zero attached hydrogens (tertiary/aromatic N) is 3. The van der Waals surface area contributed by atoms with Gasteiger partial charge in [-0.05, 0) is 41.3 Å². The van der Waals surface area contributed by atoms with Crippen molar-refractivity contribution >= 4 is 5.78 Å². The van der Waals surface area contributed by atoms with Crippen LogP contribution in [0.25, 0.3) is 21.6 Å². The van der Waals surface area contributed by atoms with Gasteiger partial charge in [-0.3, -0.25) is 4.79 Å². The van der Waals surface area contributed by atoms with E-state index in [1.165, 1.54) is 0 Å². The SMILES string of the molecule is CC(=O)c1ccc(-c2ccc3c(c2)CC(CN=[N+]=[N-])O3)cc1. The van der Waals surface area contributed by atoms with Crippen molar-refractivity contribution in [3.63, 3.8) is 0 Å². The normalized spacial score (nSPS) is 15.6. The molecule has 0 bridgehead atoms. The summed E-state index contributed by atoms with van der Waals surface area (Å²) < 4.78 is 5.74. The molecule has 0 saturated carbocycles. The summed E-state index contributed by atoms with van der Waals surface area (Å²) in [6.07, 6.45) is 0.662. The zero-order valence-electron chi connectivity index (χ0n) is 12.2. The molecule has 5 nitrogen and oxygen atoms in total. The van der Waals surface area contributed by atoms with Crippen molar-refractivity contribution in [3.05, 3.63) is 64.0 Å². The Morgan fingerprint density at radius 3 is 2.68 bits per heavy atom. The van der Waals surface area contributed by atoms with Crippen molar-refractivity contribution in [3.8, 4) is 16.9 Å². The topological polar surface area (TPSA) is 75.1 Å². The third-order valence-corrected chi connectivity index (χ3v) is 3.77. The lowest BCUT2D eigenvalue weighted by Crippen LogP contribution is -2.16. The van der Waals surface area contributed by atoms with Gasteiger partial charge in [0, 0.05) is 16.9 Å². The molecule has 0 amide bonds. The molecule has 22 heavy (non-hydrogen) atoms. The van der Waals surface area contributed by atoms with E-state index in [-0.39, 0.29) is 11.9 Å². The molecular formula is C17H15N3O2. The maximum Gasteiger partial charge on any atom is 0.159 e. The van der Waals surface area contributed by atoms with Gasteiger partial charge in [-0.15, -0.1) is 0 Å². The zero-order chi connectivity index (χ0) is 15.5. The van der Waals surface area contributed by atoms with Crippen LogP contribution in [0.4, 0.5) is 0 Å². The van der Waals surface area contributed by atoms with Gasteiger partial charge in [-0.1, -0.05) is 35.4 Å². The molecule has 3 rings (SSSR count). The van der Waals surface area contributed by atoms with Gasteiger partial charge < -0.3 is 4.74 Å². The monoisotopic (exact) mass is 293 g/mol. The van der Waals surface area contributed by atoms with Crippen molar-refractivity contribution in [1.82, 2.24) is 0 Å². The van der Waals surface area contributed by atoms with E-state index in [1.807, 2.05) is 36.4 Å². The summed E-state index contributed by atoms with van der Waals surface area (Å²) in [4.78, 5) is 14.1. The van der Waals surface area contributed by atoms with Gasteiger partial charge in [-0.25, -0.2) is 0 Å². The molecule has 2 aromatic carbocycles. The van der Waals surface area contributed by atoms with E-state index in [9.17, 15) is 4.79 Å². The Kier molecular flexibility index (Phi) is 3.81. The predicted molar refractivity (Wildman–Crippen MR) is 84.0 cm³/mol. The lowest BCUT2D eigenvalue weighted by Gasteiger charge is -2.06. The summed E-state index contributed by atoms with van der Waals surface area (Å²) in [5.74, 6) is 0.914. The summed E-state index contributed by atoms with van der Waals surface area (Å²) in [5, 5.41) is 3.57. The van der Waals surface area contributed by atoms with Crippen molar-refractivity contribution < 1.29 is 9.53 Å². The Hall–Kier alpha value is -2.78. The van der Waals surface area contributed by atoms with Gasteiger partial charge in [0.15, 0.2) is 5.78 Å². The molecule has 5 heteroatoms. The summed E-state index contributed by atoms with van der Waals surface area (Å²) in [6, 6.07) is 13.6. The molecule has 0 aliphatic carbocycles. The van der Waals surface area contributed by atoms with Crippen molar-refractivity contribution in [2.24, 2.45) is 5.11 Å². The van der Waals surface area contributed by atoms with E-state index in [2.05, 4.69) is 16.1 Å². The fourth-order valence-corrected chi connectivity index (χ4v) is 2.63. The van der Waals surface area contributed by atoms with Crippen molar-refractivity contribution in [1.29, 1.82) is 0 Å². The fraction of sp³-hybridized carbons (Fsp3) is 0.235. The molecular weight excluding hydrogens is 278 g/mol. The molecule has 0 N–H and O–H groups in total. The Balaban J connectivity index is 1.83. The standard InChI is InChI=1S/C17H15N3O2/c1-11(21)12-2-4-13(5-3-12)14-6-7-17-15(8-14)9-16(22-17)10-19-20-18/h2-8,16H,9-10H2,1H3. The molecule has 1 unspecified atom stereocenters. The second kappa shape index (κ2) is 5.92. The number of Topliss-reactive ketones (excluding diaryl/α,β-unsaturated/α-hetero) is 1. The number of benzene rings is 2. The van der Waals surface area contributed by atoms with Crippen LogP contribution >= 0.6 is 0 Å². The van der Waals surface area contributed by atoms with E-state index >= 15 is 0 Å². The van der Waals surface area contributed by atoms with Crippen LogP contribution in [0.15, 0.2) is 47.6 Å². The fourth-order valence-electron chi connectivity index (χ4n) is 2.63. The Bertz CT molecular complexity index is 762. The maximum atomic E-state index is 11.3. The van der Waals surface area contributed by atoms with Gasteiger partial charge >= 0.3 is 0 Å². The minimum atomic E-state index is -0.0822. The summed E-state index contributed by atoms with van der Waals surface area (Å²) in [6.45, 7) is 1.90. The van der Waals surface area contributed by atoms with Crippen LogP contribution in [0.1, 0.15) is 22.8 Å². The minimum absolute atomic E-state index is 0.0646. The predicted octanol–water partition coefficient (Wildman–Crippen LogP) is 4.17. The number of azide groups is 1. The van der Waals surface area contributed by atoms with Crippen LogP contribution < -0.4 is 4.74 Å². The van der Waals surface area contributed by atoms with Gasteiger partial charge in [0.25, 0.3) is 0 Å². The first kappa shape index (κ1) is 14.2. The lowest BCUT2D eigenvalue weighted by atomic mass is 9.99. The first-order valence-electron chi connectivity index (χ1n) is 7.09. The zero-order valence-corrected chi connectivity index (χ0v) is 12.2. The van der Waals surface area contributed by atoms with Crippen LogP contribution in [-0.2, 0) is 6.42 Å². The van der Waals surface area contributed by atoms with Gasteiger partial charge in [0.05, 0.1) is 6.54 Å². The van der Waals surface area contributed by atoms with Crippen LogP contribution in [-0.4, -0.2) is 18.4 Å². The highest BCUT2D eigenvalue weighted by Crippen LogP contribution is 2.33. The third kappa shape index (κ3) is 2.80. The smallest absolute Gasteiger partial charge is 0.159 e. The number of hydrogen-bond donors (Lipinski definition) is 0.